The summed E-state index contributed by atoms with van der Waals surface area (Å²) in [5.41, 5.74) is -0.955. The average Bonchev–Trinajstić information content (AvgIpc) is 3.10. The van der Waals surface area contributed by atoms with Crippen molar-refractivity contribution in [3.05, 3.63) is 33.9 Å². The van der Waals surface area contributed by atoms with E-state index in [4.69, 9.17) is 4.74 Å². The van der Waals surface area contributed by atoms with E-state index in [0.717, 1.165) is 12.8 Å². The minimum absolute atomic E-state index is 0.0617. The molecule has 0 spiro atoms. The topological polar surface area (TPSA) is 52.4 Å². The molecule has 1 fully saturated rings. The summed E-state index contributed by atoms with van der Waals surface area (Å²) in [6, 6.07) is 1.24. The van der Waals surface area contributed by atoms with Crippen molar-refractivity contribution in [3.63, 3.8) is 0 Å². The predicted molar refractivity (Wildman–Crippen MR) is 64.0 cm³/mol. The molecule has 0 bridgehead atoms. The molecule has 1 aliphatic rings. The smallest absolute Gasteiger partial charge is 0.307 e. The number of nitrogens with zero attached hydrogens (tertiary/aromatic N) is 1. The molecular formula is C11H11F2NO3S. The van der Waals surface area contributed by atoms with Gasteiger partial charge in [0.1, 0.15) is 0 Å². The van der Waals surface area contributed by atoms with Gasteiger partial charge >= 0.3 is 5.69 Å². The first kappa shape index (κ1) is 13.1. The number of halogens is 2. The van der Waals surface area contributed by atoms with Crippen LogP contribution in [0.1, 0.15) is 12.8 Å². The van der Waals surface area contributed by atoms with Crippen molar-refractivity contribution in [3.8, 4) is 5.75 Å². The van der Waals surface area contributed by atoms with Crippen molar-refractivity contribution >= 4 is 18.3 Å². The Labute approximate surface area is 108 Å². The molecule has 0 N–H and O–H groups in total. The summed E-state index contributed by atoms with van der Waals surface area (Å²) in [6.07, 6.45) is 1.88. The average molecular weight is 275 g/mol. The first-order valence-electron chi connectivity index (χ1n) is 5.34. The number of nitro groups is 1. The van der Waals surface area contributed by atoms with Gasteiger partial charge in [-0.2, -0.15) is 17.0 Å². The van der Waals surface area contributed by atoms with E-state index in [0.29, 0.717) is 17.9 Å². The number of thiol groups is 1. The van der Waals surface area contributed by atoms with Gasteiger partial charge in [0.05, 0.1) is 17.6 Å². The minimum atomic E-state index is -1.10. The summed E-state index contributed by atoms with van der Waals surface area (Å²) in [4.78, 5) is 9.43. The monoisotopic (exact) mass is 275 g/mol. The van der Waals surface area contributed by atoms with Crippen molar-refractivity contribution in [1.82, 2.24) is 0 Å². The number of hydrogen-bond donors (Lipinski definition) is 1. The fourth-order valence-electron chi connectivity index (χ4n) is 1.52. The second kappa shape index (κ2) is 4.72. The van der Waals surface area contributed by atoms with E-state index >= 15 is 0 Å². The molecule has 7 heteroatoms. The van der Waals surface area contributed by atoms with E-state index in [2.05, 4.69) is 12.6 Å². The lowest BCUT2D eigenvalue weighted by atomic mass is 10.2. The van der Waals surface area contributed by atoms with Gasteiger partial charge in [0.25, 0.3) is 0 Å². The minimum Gasteiger partial charge on any atom is -0.490 e. The third kappa shape index (κ3) is 2.55. The standard InChI is InChI=1S/C11H11F2NO3S/c12-7-4-10(8(13)3-9(7)14(15)16)17-5-11(6-18)1-2-11/h3-4,18H,1-2,5-6H2. The summed E-state index contributed by atoms with van der Waals surface area (Å²) in [6.45, 7) is 0.241. The van der Waals surface area contributed by atoms with Crippen LogP contribution in [0.5, 0.6) is 5.75 Å². The number of nitro benzene ring substituents is 1. The third-order valence-corrected chi connectivity index (χ3v) is 3.70. The fourth-order valence-corrected chi connectivity index (χ4v) is 1.93. The maximum Gasteiger partial charge on any atom is 0.307 e. The molecule has 2 rings (SSSR count). The van der Waals surface area contributed by atoms with Crippen LogP contribution < -0.4 is 4.74 Å². The van der Waals surface area contributed by atoms with E-state index < -0.39 is 22.2 Å². The molecule has 1 aromatic carbocycles. The molecule has 0 atom stereocenters. The molecule has 1 saturated carbocycles. The molecular weight excluding hydrogens is 264 g/mol. The van der Waals surface area contributed by atoms with Crippen LogP contribution >= 0.6 is 12.6 Å². The molecule has 1 aromatic rings. The van der Waals surface area contributed by atoms with Crippen LogP contribution in [-0.2, 0) is 0 Å². The van der Waals surface area contributed by atoms with Crippen LogP contribution in [0.4, 0.5) is 14.5 Å². The van der Waals surface area contributed by atoms with Gasteiger partial charge in [0.15, 0.2) is 11.6 Å². The lowest BCUT2D eigenvalue weighted by molar-refractivity contribution is -0.387. The number of benzene rings is 1. The Morgan fingerprint density at radius 3 is 2.56 bits per heavy atom. The van der Waals surface area contributed by atoms with Gasteiger partial charge in [-0.25, -0.2) is 4.39 Å². The molecule has 0 unspecified atom stereocenters. The van der Waals surface area contributed by atoms with Gasteiger partial charge in [-0.15, -0.1) is 0 Å². The molecule has 1 aliphatic carbocycles. The van der Waals surface area contributed by atoms with E-state index in [-0.39, 0.29) is 17.8 Å². The summed E-state index contributed by atoms with van der Waals surface area (Å²) in [7, 11) is 0. The normalized spacial score (nSPS) is 16.4. The molecule has 0 aliphatic heterocycles. The third-order valence-electron chi connectivity index (χ3n) is 3.02. The maximum absolute atomic E-state index is 13.5. The molecule has 0 aromatic heterocycles. The molecule has 0 saturated heterocycles. The van der Waals surface area contributed by atoms with Gasteiger partial charge in [0, 0.05) is 11.5 Å². The van der Waals surface area contributed by atoms with Crippen molar-refractivity contribution in [2.75, 3.05) is 12.4 Å². The Morgan fingerprint density at radius 1 is 1.39 bits per heavy atom. The van der Waals surface area contributed by atoms with Gasteiger partial charge < -0.3 is 4.74 Å². The first-order chi connectivity index (χ1) is 8.47. The second-order valence-electron chi connectivity index (χ2n) is 4.44. The first-order valence-corrected chi connectivity index (χ1v) is 5.98. The molecule has 98 valence electrons. The maximum atomic E-state index is 13.5. The Bertz CT molecular complexity index is 491. The quantitative estimate of drug-likeness (QED) is 0.510. The van der Waals surface area contributed by atoms with Gasteiger partial charge in [-0.3, -0.25) is 10.1 Å². The zero-order valence-corrected chi connectivity index (χ0v) is 10.3. The Hall–Kier alpha value is -1.37. The fraction of sp³-hybridized carbons (Fsp3) is 0.455. The molecule has 0 amide bonds. The highest BCUT2D eigenvalue weighted by molar-refractivity contribution is 7.80. The second-order valence-corrected chi connectivity index (χ2v) is 4.75. The predicted octanol–water partition coefficient (Wildman–Crippen LogP) is 2.96. The Balaban J connectivity index is 2.14. The number of hydrogen-bond acceptors (Lipinski definition) is 4. The van der Waals surface area contributed by atoms with Crippen LogP contribution in [0.15, 0.2) is 12.1 Å². The van der Waals surface area contributed by atoms with Crippen molar-refractivity contribution in [2.45, 2.75) is 12.8 Å². The summed E-state index contributed by atoms with van der Waals surface area (Å²) in [5, 5.41) is 10.4. The Kier molecular flexibility index (Phi) is 3.43. The summed E-state index contributed by atoms with van der Waals surface area (Å²) < 4.78 is 32.0. The van der Waals surface area contributed by atoms with Gasteiger partial charge in [0.2, 0.25) is 5.82 Å². The van der Waals surface area contributed by atoms with Crippen molar-refractivity contribution in [2.24, 2.45) is 5.41 Å². The largest absolute Gasteiger partial charge is 0.490 e. The van der Waals surface area contributed by atoms with Crippen LogP contribution in [0, 0.1) is 27.2 Å². The van der Waals surface area contributed by atoms with Crippen molar-refractivity contribution < 1.29 is 18.4 Å². The summed E-state index contributed by atoms with van der Waals surface area (Å²) >= 11 is 4.16. The van der Waals surface area contributed by atoms with Crippen LogP contribution in [0.3, 0.4) is 0 Å². The summed E-state index contributed by atoms with van der Waals surface area (Å²) in [5.74, 6) is -1.72. The van der Waals surface area contributed by atoms with E-state index in [9.17, 15) is 18.9 Å². The molecule has 4 nitrogen and oxygen atoms in total. The zero-order valence-electron chi connectivity index (χ0n) is 9.36. The Morgan fingerprint density at radius 2 is 2.06 bits per heavy atom. The molecule has 0 radical (unpaired) electrons. The lowest BCUT2D eigenvalue weighted by Gasteiger charge is -2.13. The van der Waals surface area contributed by atoms with E-state index in [1.54, 1.807) is 0 Å². The van der Waals surface area contributed by atoms with E-state index in [1.807, 2.05) is 0 Å². The highest BCUT2D eigenvalue weighted by Crippen LogP contribution is 2.46. The molecule has 18 heavy (non-hydrogen) atoms. The van der Waals surface area contributed by atoms with E-state index in [1.165, 1.54) is 0 Å². The lowest BCUT2D eigenvalue weighted by Crippen LogP contribution is -2.15. The van der Waals surface area contributed by atoms with Gasteiger partial charge in [-0.1, -0.05) is 0 Å². The highest BCUT2D eigenvalue weighted by atomic mass is 32.1. The number of ether oxygens (including phenoxy) is 1. The van der Waals surface area contributed by atoms with Crippen LogP contribution in [0.2, 0.25) is 0 Å². The molecule has 0 heterocycles. The SMILES string of the molecule is O=[N+]([O-])c1cc(F)c(OCC2(CS)CC2)cc1F. The number of rotatable bonds is 5. The van der Waals surface area contributed by atoms with Crippen LogP contribution in [0.25, 0.3) is 0 Å². The van der Waals surface area contributed by atoms with Crippen molar-refractivity contribution in [1.29, 1.82) is 0 Å². The highest BCUT2D eigenvalue weighted by Gasteiger charge is 2.42. The van der Waals surface area contributed by atoms with Gasteiger partial charge in [-0.05, 0) is 18.6 Å². The zero-order chi connectivity index (χ0) is 13.3. The van der Waals surface area contributed by atoms with Crippen LogP contribution in [-0.4, -0.2) is 17.3 Å².